The van der Waals surface area contributed by atoms with Gasteiger partial charge >= 0.3 is 6.18 Å². The van der Waals surface area contributed by atoms with Gasteiger partial charge in [0.1, 0.15) is 11.7 Å². The predicted molar refractivity (Wildman–Crippen MR) is 102 cm³/mol. The zero-order valence-corrected chi connectivity index (χ0v) is 15.3. The van der Waals surface area contributed by atoms with Crippen LogP contribution in [0.2, 0.25) is 0 Å². The highest BCUT2D eigenvalue weighted by Gasteiger charge is 2.31. The summed E-state index contributed by atoms with van der Waals surface area (Å²) >= 11 is 0. The fourth-order valence-corrected chi connectivity index (χ4v) is 3.37. The minimum Gasteiger partial charge on any atom is -0.354 e. The Morgan fingerprint density at radius 3 is 2.77 bits per heavy atom. The van der Waals surface area contributed by atoms with Crippen molar-refractivity contribution in [1.29, 1.82) is 0 Å². The minimum atomic E-state index is -4.51. The highest BCUT2D eigenvalue weighted by molar-refractivity contribution is 5.93. The molecule has 152 valence electrons. The number of carbonyl (C=O) groups excluding carboxylic acids is 1. The Balaban J connectivity index is 1.68. The largest absolute Gasteiger partial charge is 0.416 e. The number of nitrogens with one attached hydrogen (secondary N) is 2. The SMILES string of the molecule is O=C1NCC[C@H]1Nc1nc2ccccc2c2nc(-c3cc(C(F)(F)F)ccn3)nn12. The Morgan fingerprint density at radius 2 is 2.00 bits per heavy atom. The summed E-state index contributed by atoms with van der Waals surface area (Å²) in [5.41, 5.74) is 0.162. The number of carbonyl (C=O) groups is 1. The number of rotatable bonds is 3. The summed E-state index contributed by atoms with van der Waals surface area (Å²) in [5.74, 6) is 0.146. The molecule has 1 saturated heterocycles. The zero-order valence-electron chi connectivity index (χ0n) is 15.3. The van der Waals surface area contributed by atoms with Crippen molar-refractivity contribution in [2.24, 2.45) is 0 Å². The van der Waals surface area contributed by atoms with Crippen molar-refractivity contribution in [1.82, 2.24) is 29.9 Å². The van der Waals surface area contributed by atoms with Crippen LogP contribution in [0.3, 0.4) is 0 Å². The molecule has 4 aromatic rings. The van der Waals surface area contributed by atoms with Crippen LogP contribution < -0.4 is 10.6 Å². The Labute approximate surface area is 167 Å². The normalized spacial score (nSPS) is 16.9. The number of aromatic nitrogens is 5. The van der Waals surface area contributed by atoms with E-state index >= 15 is 0 Å². The quantitative estimate of drug-likeness (QED) is 0.536. The standard InChI is InChI=1S/C19H14F3N7O/c20-19(21,22)10-5-7-23-14(9-10)15-27-16-11-3-1-2-4-12(11)25-18(29(16)28-15)26-13-6-8-24-17(13)30/h1-5,7,9,13H,6,8H2,(H,24,30)(H,25,26)/t13-/m1/s1. The highest BCUT2D eigenvalue weighted by Crippen LogP contribution is 2.31. The number of hydrogen-bond donors (Lipinski definition) is 2. The lowest BCUT2D eigenvalue weighted by molar-refractivity contribution is -0.137. The molecule has 0 unspecified atom stereocenters. The van der Waals surface area contributed by atoms with E-state index in [0.29, 0.717) is 29.5 Å². The van der Waals surface area contributed by atoms with Gasteiger partial charge in [-0.15, -0.1) is 5.10 Å². The first-order valence-electron chi connectivity index (χ1n) is 9.13. The van der Waals surface area contributed by atoms with Gasteiger partial charge in [0.05, 0.1) is 11.1 Å². The summed E-state index contributed by atoms with van der Waals surface area (Å²) in [5, 5.41) is 10.8. The molecule has 1 fully saturated rings. The molecule has 11 heteroatoms. The van der Waals surface area contributed by atoms with Crippen molar-refractivity contribution < 1.29 is 18.0 Å². The number of pyridine rings is 1. The van der Waals surface area contributed by atoms with Crippen LogP contribution in [0.1, 0.15) is 12.0 Å². The van der Waals surface area contributed by atoms with Crippen molar-refractivity contribution in [2.45, 2.75) is 18.6 Å². The predicted octanol–water partition coefficient (Wildman–Crippen LogP) is 2.66. The molecule has 3 aromatic heterocycles. The molecule has 1 atom stereocenters. The van der Waals surface area contributed by atoms with Gasteiger partial charge in [-0.2, -0.15) is 17.7 Å². The summed E-state index contributed by atoms with van der Waals surface area (Å²) in [6.45, 7) is 0.546. The lowest BCUT2D eigenvalue weighted by Crippen LogP contribution is -2.30. The van der Waals surface area contributed by atoms with E-state index in [1.54, 1.807) is 18.2 Å². The fraction of sp³-hybridized carbons (Fsp3) is 0.211. The van der Waals surface area contributed by atoms with E-state index in [1.165, 1.54) is 4.52 Å². The second-order valence-corrected chi connectivity index (χ2v) is 6.83. The van der Waals surface area contributed by atoms with Gasteiger partial charge in [0, 0.05) is 18.1 Å². The van der Waals surface area contributed by atoms with Gasteiger partial charge in [0.15, 0.2) is 5.65 Å². The number of halogens is 3. The molecule has 1 aliphatic rings. The van der Waals surface area contributed by atoms with Gasteiger partial charge in [-0.25, -0.2) is 9.97 Å². The van der Waals surface area contributed by atoms with E-state index in [1.807, 2.05) is 6.07 Å². The highest BCUT2D eigenvalue weighted by atomic mass is 19.4. The van der Waals surface area contributed by atoms with Gasteiger partial charge in [-0.1, -0.05) is 12.1 Å². The first-order chi connectivity index (χ1) is 14.4. The second kappa shape index (κ2) is 6.65. The number of alkyl halides is 3. The molecule has 0 radical (unpaired) electrons. The molecule has 0 spiro atoms. The molecule has 30 heavy (non-hydrogen) atoms. The van der Waals surface area contributed by atoms with E-state index in [-0.39, 0.29) is 23.4 Å². The van der Waals surface area contributed by atoms with Crippen LogP contribution in [0.25, 0.3) is 28.1 Å². The number of anilines is 1. The maximum Gasteiger partial charge on any atom is 0.416 e. The summed E-state index contributed by atoms with van der Waals surface area (Å²) in [7, 11) is 0. The third-order valence-electron chi connectivity index (χ3n) is 4.85. The Hall–Kier alpha value is -3.76. The molecule has 0 saturated carbocycles. The van der Waals surface area contributed by atoms with Crippen LogP contribution in [0.5, 0.6) is 0 Å². The van der Waals surface area contributed by atoms with E-state index in [0.717, 1.165) is 18.3 Å². The molecule has 4 heterocycles. The smallest absolute Gasteiger partial charge is 0.354 e. The van der Waals surface area contributed by atoms with E-state index < -0.39 is 17.8 Å². The number of nitrogens with zero attached hydrogens (tertiary/aromatic N) is 5. The Bertz CT molecular complexity index is 1280. The maximum atomic E-state index is 13.1. The first kappa shape index (κ1) is 18.3. The summed E-state index contributed by atoms with van der Waals surface area (Å²) in [6.07, 6.45) is -2.86. The molecular formula is C19H14F3N7O. The molecule has 2 N–H and O–H groups in total. The number of amides is 1. The van der Waals surface area contributed by atoms with Gasteiger partial charge in [-0.05, 0) is 30.7 Å². The molecular weight excluding hydrogens is 399 g/mol. The lowest BCUT2D eigenvalue weighted by atomic mass is 10.2. The van der Waals surface area contributed by atoms with Gasteiger partial charge < -0.3 is 10.6 Å². The van der Waals surface area contributed by atoms with Crippen molar-refractivity contribution in [3.8, 4) is 11.5 Å². The maximum absolute atomic E-state index is 13.1. The van der Waals surface area contributed by atoms with Crippen LogP contribution in [0, 0.1) is 0 Å². The third-order valence-corrected chi connectivity index (χ3v) is 4.85. The summed E-state index contributed by atoms with van der Waals surface area (Å²) in [4.78, 5) is 24.9. The van der Waals surface area contributed by atoms with Gasteiger partial charge in [0.2, 0.25) is 17.7 Å². The molecule has 1 amide bonds. The summed E-state index contributed by atoms with van der Waals surface area (Å²) < 4.78 is 40.7. The minimum absolute atomic E-state index is 0.0119. The van der Waals surface area contributed by atoms with E-state index in [4.69, 9.17) is 0 Å². The average molecular weight is 413 g/mol. The van der Waals surface area contributed by atoms with Crippen LogP contribution in [-0.2, 0) is 11.0 Å². The van der Waals surface area contributed by atoms with Crippen LogP contribution >= 0.6 is 0 Å². The first-order valence-corrected chi connectivity index (χ1v) is 9.13. The van der Waals surface area contributed by atoms with E-state index in [2.05, 4.69) is 30.7 Å². The fourth-order valence-electron chi connectivity index (χ4n) is 3.37. The Kier molecular flexibility index (Phi) is 4.05. The van der Waals surface area contributed by atoms with Crippen LogP contribution in [-0.4, -0.2) is 43.1 Å². The third kappa shape index (κ3) is 3.08. The lowest BCUT2D eigenvalue weighted by Gasteiger charge is -2.12. The van der Waals surface area contributed by atoms with Crippen molar-refractivity contribution in [3.63, 3.8) is 0 Å². The topological polar surface area (TPSA) is 97.1 Å². The number of hydrogen-bond acceptors (Lipinski definition) is 6. The second-order valence-electron chi connectivity index (χ2n) is 6.83. The van der Waals surface area contributed by atoms with Crippen LogP contribution in [0.4, 0.5) is 19.1 Å². The number of para-hydroxylation sites is 1. The molecule has 1 aliphatic heterocycles. The van der Waals surface area contributed by atoms with Gasteiger partial charge in [0.25, 0.3) is 0 Å². The number of benzene rings is 1. The number of fused-ring (bicyclic) bond motifs is 3. The molecule has 0 aliphatic carbocycles. The summed E-state index contributed by atoms with van der Waals surface area (Å²) in [6, 6.07) is 8.50. The van der Waals surface area contributed by atoms with Crippen molar-refractivity contribution in [3.05, 3.63) is 48.2 Å². The van der Waals surface area contributed by atoms with E-state index in [9.17, 15) is 18.0 Å². The Morgan fingerprint density at radius 1 is 1.17 bits per heavy atom. The van der Waals surface area contributed by atoms with Crippen molar-refractivity contribution >= 4 is 28.4 Å². The molecule has 8 nitrogen and oxygen atoms in total. The zero-order chi connectivity index (χ0) is 20.9. The van der Waals surface area contributed by atoms with Crippen molar-refractivity contribution in [2.75, 3.05) is 11.9 Å². The monoisotopic (exact) mass is 413 g/mol. The van der Waals surface area contributed by atoms with Crippen LogP contribution in [0.15, 0.2) is 42.6 Å². The average Bonchev–Trinajstić information content (AvgIpc) is 3.35. The molecule has 0 bridgehead atoms. The molecule has 1 aromatic carbocycles. The van der Waals surface area contributed by atoms with Gasteiger partial charge in [-0.3, -0.25) is 9.78 Å². The molecule has 5 rings (SSSR count).